The molecule has 0 amide bonds. The Morgan fingerprint density at radius 3 is 1.69 bits per heavy atom. The van der Waals surface area contributed by atoms with E-state index in [1.807, 2.05) is 6.08 Å². The fraction of sp³-hybridized carbons (Fsp3) is 0.600. The molecular formula is C30H42O2. The van der Waals surface area contributed by atoms with Crippen molar-refractivity contribution >= 4 is 0 Å². The first kappa shape index (κ1) is 29.6. The van der Waals surface area contributed by atoms with Gasteiger partial charge in [0.2, 0.25) is 0 Å². The summed E-state index contributed by atoms with van der Waals surface area (Å²) in [5.74, 6) is 17.5. The third-order valence-corrected chi connectivity index (χ3v) is 4.99. The number of allylic oxidation sites excluding steroid dienone is 3. The van der Waals surface area contributed by atoms with Crippen molar-refractivity contribution in [3.05, 3.63) is 24.3 Å². The molecule has 0 saturated carbocycles. The lowest BCUT2D eigenvalue weighted by atomic mass is 10.1. The minimum absolute atomic E-state index is 0.566. The van der Waals surface area contributed by atoms with Crippen LogP contribution in [0.2, 0.25) is 0 Å². The molecule has 0 aromatic carbocycles. The number of unbranched alkanes of at least 4 members (excludes halogenated alkanes) is 11. The lowest BCUT2D eigenvalue weighted by Crippen LogP contribution is -2.01. The largest absolute Gasteiger partial charge is 0.380 e. The zero-order valence-corrected chi connectivity index (χ0v) is 19.8. The second-order valence-corrected chi connectivity index (χ2v) is 7.92. The van der Waals surface area contributed by atoms with Gasteiger partial charge in [-0.15, -0.1) is 24.7 Å². The Morgan fingerprint density at radius 2 is 1.12 bits per heavy atom. The molecule has 0 spiro atoms. The molecule has 0 aliphatic heterocycles. The van der Waals surface area contributed by atoms with Crippen molar-refractivity contribution < 1.29 is 10.2 Å². The van der Waals surface area contributed by atoms with Crippen molar-refractivity contribution in [2.45, 2.75) is 115 Å². The number of aliphatic hydroxyl groups excluding tert-OH is 2. The van der Waals surface area contributed by atoms with Gasteiger partial charge in [-0.2, -0.15) is 0 Å². The number of hydrogen-bond acceptors (Lipinski definition) is 2. The van der Waals surface area contributed by atoms with Crippen LogP contribution in [-0.2, 0) is 0 Å². The summed E-state index contributed by atoms with van der Waals surface area (Å²) in [5, 5.41) is 18.5. The number of aliphatic hydroxyl groups is 2. The third-order valence-electron chi connectivity index (χ3n) is 4.99. The predicted molar refractivity (Wildman–Crippen MR) is 137 cm³/mol. The SMILES string of the molecule is C#C[C@@H](O)/C=C/CCCCCCC#CC/C=C\CC#CCCCCCCCC[C@H](O)C#C. The highest BCUT2D eigenvalue weighted by molar-refractivity contribution is 5.09. The summed E-state index contributed by atoms with van der Waals surface area (Å²) >= 11 is 0. The van der Waals surface area contributed by atoms with Crippen LogP contribution in [-0.4, -0.2) is 22.4 Å². The van der Waals surface area contributed by atoms with Gasteiger partial charge in [0, 0.05) is 25.7 Å². The Balaban J connectivity index is 3.41. The minimum atomic E-state index is -0.745. The van der Waals surface area contributed by atoms with E-state index in [9.17, 15) is 10.2 Å². The van der Waals surface area contributed by atoms with Gasteiger partial charge in [0.05, 0.1) is 0 Å². The molecule has 2 atom stereocenters. The topological polar surface area (TPSA) is 40.5 Å². The van der Waals surface area contributed by atoms with E-state index >= 15 is 0 Å². The second kappa shape index (κ2) is 24.9. The monoisotopic (exact) mass is 434 g/mol. The normalized spacial score (nSPS) is 12.4. The molecular weight excluding hydrogens is 392 g/mol. The van der Waals surface area contributed by atoms with E-state index in [0.717, 1.165) is 64.2 Å². The van der Waals surface area contributed by atoms with Gasteiger partial charge in [-0.3, -0.25) is 0 Å². The van der Waals surface area contributed by atoms with Crippen molar-refractivity contribution in [1.82, 2.24) is 0 Å². The maximum atomic E-state index is 9.27. The van der Waals surface area contributed by atoms with E-state index < -0.39 is 12.2 Å². The molecule has 0 aliphatic carbocycles. The fourth-order valence-electron chi connectivity index (χ4n) is 3.06. The van der Waals surface area contributed by atoms with Crippen molar-refractivity contribution in [1.29, 1.82) is 0 Å². The van der Waals surface area contributed by atoms with Gasteiger partial charge < -0.3 is 10.2 Å². The molecule has 174 valence electrons. The molecule has 2 N–H and O–H groups in total. The molecule has 0 saturated heterocycles. The van der Waals surface area contributed by atoms with Gasteiger partial charge in [0.15, 0.2) is 0 Å². The summed E-state index contributed by atoms with van der Waals surface area (Å²) in [6, 6.07) is 0. The lowest BCUT2D eigenvalue weighted by molar-refractivity contribution is 0.217. The van der Waals surface area contributed by atoms with Gasteiger partial charge in [-0.25, -0.2) is 0 Å². The summed E-state index contributed by atoms with van der Waals surface area (Å²) in [5.41, 5.74) is 0. The Kier molecular flexibility index (Phi) is 23.1. The average Bonchev–Trinajstić information content (AvgIpc) is 2.81. The van der Waals surface area contributed by atoms with Crippen LogP contribution in [0.3, 0.4) is 0 Å². The van der Waals surface area contributed by atoms with Gasteiger partial charge in [0.1, 0.15) is 12.2 Å². The Bertz CT molecular complexity index is 694. The quantitative estimate of drug-likeness (QED) is 0.159. The molecule has 0 aromatic heterocycles. The minimum Gasteiger partial charge on any atom is -0.380 e. The van der Waals surface area contributed by atoms with Gasteiger partial charge in [0.25, 0.3) is 0 Å². The van der Waals surface area contributed by atoms with Crippen LogP contribution in [0.1, 0.15) is 103 Å². The van der Waals surface area contributed by atoms with Crippen LogP contribution < -0.4 is 0 Å². The van der Waals surface area contributed by atoms with Gasteiger partial charge >= 0.3 is 0 Å². The molecule has 2 nitrogen and oxygen atoms in total. The predicted octanol–water partition coefficient (Wildman–Crippen LogP) is 6.34. The zero-order chi connectivity index (χ0) is 23.5. The maximum absolute atomic E-state index is 9.27. The molecule has 0 aromatic rings. The zero-order valence-electron chi connectivity index (χ0n) is 19.8. The highest BCUT2D eigenvalue weighted by Gasteiger charge is 1.97. The Hall–Kier alpha value is -2.36. The first-order valence-electron chi connectivity index (χ1n) is 12.2. The Morgan fingerprint density at radius 1 is 0.594 bits per heavy atom. The standard InChI is InChI=1S/C30H42O2/c1-3-29(31)27-25-23-21-19-17-15-13-11-9-7-5-6-8-10-12-14-16-18-20-22-24-26-28-30(32)4-2/h1-2,5-6,25,27,29-32H,7-8,13-24,26,28H2/b6-5-,27-25+/t29-,30-/m1/s1. The van der Waals surface area contributed by atoms with E-state index in [4.69, 9.17) is 12.8 Å². The Labute approximate surface area is 198 Å². The first-order valence-corrected chi connectivity index (χ1v) is 12.2. The number of hydrogen-bond donors (Lipinski definition) is 2. The maximum Gasteiger partial charge on any atom is 0.133 e. The van der Waals surface area contributed by atoms with E-state index in [-0.39, 0.29) is 0 Å². The van der Waals surface area contributed by atoms with Crippen LogP contribution in [0.25, 0.3) is 0 Å². The molecule has 2 heteroatoms. The second-order valence-electron chi connectivity index (χ2n) is 7.92. The lowest BCUT2D eigenvalue weighted by Gasteiger charge is -2.02. The van der Waals surface area contributed by atoms with E-state index in [2.05, 4.69) is 47.7 Å². The number of rotatable bonds is 17. The van der Waals surface area contributed by atoms with Crippen molar-refractivity contribution in [3.8, 4) is 48.4 Å². The fourth-order valence-corrected chi connectivity index (χ4v) is 3.06. The van der Waals surface area contributed by atoms with Crippen LogP contribution in [0, 0.1) is 48.4 Å². The summed E-state index contributed by atoms with van der Waals surface area (Å²) in [6.45, 7) is 0. The highest BCUT2D eigenvalue weighted by Crippen LogP contribution is 2.09. The van der Waals surface area contributed by atoms with Gasteiger partial charge in [-0.1, -0.05) is 80.4 Å². The summed E-state index contributed by atoms with van der Waals surface area (Å²) in [6.07, 6.45) is 33.7. The molecule has 0 unspecified atom stereocenters. The molecule has 0 aliphatic rings. The van der Waals surface area contributed by atoms with Crippen LogP contribution in [0.4, 0.5) is 0 Å². The first-order chi connectivity index (χ1) is 15.7. The van der Waals surface area contributed by atoms with E-state index in [0.29, 0.717) is 0 Å². The van der Waals surface area contributed by atoms with E-state index in [1.54, 1.807) is 6.08 Å². The molecule has 0 heterocycles. The molecule has 32 heavy (non-hydrogen) atoms. The van der Waals surface area contributed by atoms with Crippen LogP contribution in [0.5, 0.6) is 0 Å². The highest BCUT2D eigenvalue weighted by atomic mass is 16.3. The summed E-state index contributed by atoms with van der Waals surface area (Å²) in [4.78, 5) is 0. The summed E-state index contributed by atoms with van der Waals surface area (Å²) in [7, 11) is 0. The van der Waals surface area contributed by atoms with Crippen molar-refractivity contribution in [2.75, 3.05) is 0 Å². The van der Waals surface area contributed by atoms with Gasteiger partial charge in [-0.05, 0) is 44.6 Å². The van der Waals surface area contributed by atoms with E-state index in [1.165, 1.54) is 38.5 Å². The molecule has 0 bridgehead atoms. The van der Waals surface area contributed by atoms with Crippen LogP contribution in [0.15, 0.2) is 24.3 Å². The number of terminal acetylenes is 2. The molecule has 0 radical (unpaired) electrons. The molecule has 0 rings (SSSR count). The van der Waals surface area contributed by atoms with Crippen molar-refractivity contribution in [3.63, 3.8) is 0 Å². The smallest absolute Gasteiger partial charge is 0.133 e. The summed E-state index contributed by atoms with van der Waals surface area (Å²) < 4.78 is 0. The average molecular weight is 435 g/mol. The molecule has 0 fully saturated rings. The van der Waals surface area contributed by atoms with Crippen LogP contribution >= 0.6 is 0 Å². The third kappa shape index (κ3) is 23.9. The van der Waals surface area contributed by atoms with Crippen molar-refractivity contribution in [2.24, 2.45) is 0 Å².